The first-order chi connectivity index (χ1) is 10.0. The Labute approximate surface area is 128 Å². The zero-order chi connectivity index (χ0) is 15.3. The summed E-state index contributed by atoms with van der Waals surface area (Å²) in [6.07, 6.45) is 6.39. The highest BCUT2D eigenvalue weighted by molar-refractivity contribution is 5.96. The molecule has 0 unspecified atom stereocenters. The molecule has 0 atom stereocenters. The van der Waals surface area contributed by atoms with Gasteiger partial charge in [-0.1, -0.05) is 26.2 Å². The average Bonchev–Trinajstić information content (AvgIpc) is 2.46. The van der Waals surface area contributed by atoms with E-state index in [0.717, 1.165) is 29.9 Å². The van der Waals surface area contributed by atoms with Gasteiger partial charge in [-0.05, 0) is 55.9 Å². The monoisotopic (exact) mass is 288 g/mol. The van der Waals surface area contributed by atoms with E-state index in [4.69, 9.17) is 0 Å². The van der Waals surface area contributed by atoms with Crippen molar-refractivity contribution in [3.63, 3.8) is 0 Å². The van der Waals surface area contributed by atoms with Crippen molar-refractivity contribution in [3.05, 3.63) is 29.3 Å². The molecule has 1 aromatic carbocycles. The molecule has 1 amide bonds. The van der Waals surface area contributed by atoms with Crippen LogP contribution in [0.15, 0.2) is 18.2 Å². The van der Waals surface area contributed by atoms with Crippen LogP contribution in [0.2, 0.25) is 0 Å². The molecule has 1 aromatic rings. The maximum Gasteiger partial charge on any atom is 0.251 e. The van der Waals surface area contributed by atoms with Crippen molar-refractivity contribution in [1.29, 1.82) is 0 Å². The van der Waals surface area contributed by atoms with Crippen LogP contribution in [0.4, 0.5) is 5.69 Å². The van der Waals surface area contributed by atoms with E-state index in [-0.39, 0.29) is 11.3 Å². The number of hydrogen-bond acceptors (Lipinski definition) is 2. The van der Waals surface area contributed by atoms with Gasteiger partial charge in [-0.15, -0.1) is 0 Å². The van der Waals surface area contributed by atoms with Gasteiger partial charge in [0, 0.05) is 24.3 Å². The fraction of sp³-hybridized carbons (Fsp3) is 0.611. The Morgan fingerprint density at radius 2 is 1.95 bits per heavy atom. The van der Waals surface area contributed by atoms with Gasteiger partial charge in [0.1, 0.15) is 0 Å². The summed E-state index contributed by atoms with van der Waals surface area (Å²) in [4.78, 5) is 12.4. The lowest BCUT2D eigenvalue weighted by Gasteiger charge is -2.33. The summed E-state index contributed by atoms with van der Waals surface area (Å²) in [5, 5.41) is 6.41. The number of carbonyl (C=O) groups is 1. The van der Waals surface area contributed by atoms with Crippen molar-refractivity contribution in [2.24, 2.45) is 5.41 Å². The number of anilines is 1. The van der Waals surface area contributed by atoms with E-state index in [9.17, 15) is 4.79 Å². The SMILES string of the molecule is CCNc1ccc(C(=O)NCC2(C)CCCCC2)c(C)c1. The average molecular weight is 288 g/mol. The minimum Gasteiger partial charge on any atom is -0.385 e. The van der Waals surface area contributed by atoms with Crippen molar-refractivity contribution >= 4 is 11.6 Å². The molecule has 2 rings (SSSR count). The molecule has 0 heterocycles. The van der Waals surface area contributed by atoms with Crippen molar-refractivity contribution in [2.75, 3.05) is 18.4 Å². The van der Waals surface area contributed by atoms with Crippen LogP contribution in [0.5, 0.6) is 0 Å². The van der Waals surface area contributed by atoms with Gasteiger partial charge in [0.25, 0.3) is 5.91 Å². The Balaban J connectivity index is 1.96. The first-order valence-electron chi connectivity index (χ1n) is 8.17. The van der Waals surface area contributed by atoms with E-state index in [1.807, 2.05) is 25.1 Å². The summed E-state index contributed by atoms with van der Waals surface area (Å²) in [5.41, 5.74) is 3.17. The van der Waals surface area contributed by atoms with E-state index < -0.39 is 0 Å². The third-order valence-corrected chi connectivity index (χ3v) is 4.59. The zero-order valence-electron chi connectivity index (χ0n) is 13.6. The molecule has 0 saturated heterocycles. The summed E-state index contributed by atoms with van der Waals surface area (Å²) in [6, 6.07) is 5.94. The lowest BCUT2D eigenvalue weighted by Crippen LogP contribution is -2.37. The Morgan fingerprint density at radius 1 is 1.24 bits per heavy atom. The molecule has 1 aliphatic rings. The number of carbonyl (C=O) groups excluding carboxylic acids is 1. The van der Waals surface area contributed by atoms with Crippen LogP contribution < -0.4 is 10.6 Å². The zero-order valence-corrected chi connectivity index (χ0v) is 13.6. The second-order valence-corrected chi connectivity index (χ2v) is 6.61. The van der Waals surface area contributed by atoms with Crippen LogP contribution in [-0.2, 0) is 0 Å². The molecule has 1 fully saturated rings. The second kappa shape index (κ2) is 6.97. The molecule has 0 spiro atoms. The summed E-state index contributed by atoms with van der Waals surface area (Å²) in [7, 11) is 0. The van der Waals surface area contributed by atoms with Crippen molar-refractivity contribution in [2.45, 2.75) is 52.9 Å². The van der Waals surface area contributed by atoms with Gasteiger partial charge in [0.05, 0.1) is 0 Å². The topological polar surface area (TPSA) is 41.1 Å². The van der Waals surface area contributed by atoms with Gasteiger partial charge in [0.2, 0.25) is 0 Å². The quantitative estimate of drug-likeness (QED) is 0.855. The molecule has 1 aliphatic carbocycles. The van der Waals surface area contributed by atoms with Gasteiger partial charge >= 0.3 is 0 Å². The molecule has 21 heavy (non-hydrogen) atoms. The highest BCUT2D eigenvalue weighted by atomic mass is 16.1. The standard InChI is InChI=1S/C18H28N2O/c1-4-19-15-8-9-16(14(2)12-15)17(21)20-13-18(3)10-6-5-7-11-18/h8-9,12,19H,4-7,10-11,13H2,1-3H3,(H,20,21). The van der Waals surface area contributed by atoms with Crippen LogP contribution in [0.25, 0.3) is 0 Å². The summed E-state index contributed by atoms with van der Waals surface area (Å²) in [6.45, 7) is 8.05. The van der Waals surface area contributed by atoms with E-state index in [1.54, 1.807) is 0 Å². The molecule has 116 valence electrons. The van der Waals surface area contributed by atoms with Gasteiger partial charge in [-0.25, -0.2) is 0 Å². The minimum absolute atomic E-state index is 0.0577. The predicted octanol–water partition coefficient (Wildman–Crippen LogP) is 4.13. The molecule has 1 saturated carbocycles. The Hall–Kier alpha value is -1.51. The van der Waals surface area contributed by atoms with E-state index >= 15 is 0 Å². The van der Waals surface area contributed by atoms with Gasteiger partial charge < -0.3 is 10.6 Å². The Bertz CT molecular complexity index is 490. The number of rotatable bonds is 5. The molecular formula is C18H28N2O. The number of hydrogen-bond donors (Lipinski definition) is 2. The smallest absolute Gasteiger partial charge is 0.251 e. The number of amides is 1. The molecule has 0 aromatic heterocycles. The maximum absolute atomic E-state index is 12.4. The largest absolute Gasteiger partial charge is 0.385 e. The van der Waals surface area contributed by atoms with Crippen molar-refractivity contribution in [1.82, 2.24) is 5.32 Å². The molecule has 3 heteroatoms. The Morgan fingerprint density at radius 3 is 2.57 bits per heavy atom. The Kier molecular flexibility index (Phi) is 5.27. The summed E-state index contributed by atoms with van der Waals surface area (Å²) >= 11 is 0. The van der Waals surface area contributed by atoms with Gasteiger partial charge in [0.15, 0.2) is 0 Å². The first kappa shape index (κ1) is 15.9. The normalized spacial score (nSPS) is 17.3. The molecule has 0 aliphatic heterocycles. The maximum atomic E-state index is 12.4. The van der Waals surface area contributed by atoms with Crippen LogP contribution in [0, 0.1) is 12.3 Å². The van der Waals surface area contributed by atoms with Crippen molar-refractivity contribution in [3.8, 4) is 0 Å². The van der Waals surface area contributed by atoms with Crippen LogP contribution in [0.3, 0.4) is 0 Å². The molecule has 0 bridgehead atoms. The third kappa shape index (κ3) is 4.23. The van der Waals surface area contributed by atoms with Gasteiger partial charge in [-0.3, -0.25) is 4.79 Å². The first-order valence-corrected chi connectivity index (χ1v) is 8.17. The van der Waals surface area contributed by atoms with Crippen LogP contribution >= 0.6 is 0 Å². The highest BCUT2D eigenvalue weighted by Gasteiger charge is 2.27. The number of nitrogens with one attached hydrogen (secondary N) is 2. The second-order valence-electron chi connectivity index (χ2n) is 6.61. The molecular weight excluding hydrogens is 260 g/mol. The lowest BCUT2D eigenvalue weighted by atomic mass is 9.76. The van der Waals surface area contributed by atoms with Gasteiger partial charge in [-0.2, -0.15) is 0 Å². The van der Waals surface area contributed by atoms with Crippen molar-refractivity contribution < 1.29 is 4.79 Å². The highest BCUT2D eigenvalue weighted by Crippen LogP contribution is 2.35. The fourth-order valence-corrected chi connectivity index (χ4v) is 3.20. The molecule has 0 radical (unpaired) electrons. The lowest BCUT2D eigenvalue weighted by molar-refractivity contribution is 0.0918. The van der Waals surface area contributed by atoms with E-state index in [2.05, 4.69) is 24.5 Å². The minimum atomic E-state index is 0.0577. The third-order valence-electron chi connectivity index (χ3n) is 4.59. The summed E-state index contributed by atoms with van der Waals surface area (Å²) < 4.78 is 0. The predicted molar refractivity (Wildman–Crippen MR) is 88.9 cm³/mol. The number of benzene rings is 1. The molecule has 2 N–H and O–H groups in total. The van der Waals surface area contributed by atoms with Crippen LogP contribution in [0.1, 0.15) is 61.9 Å². The van der Waals surface area contributed by atoms with E-state index in [0.29, 0.717) is 0 Å². The van der Waals surface area contributed by atoms with Crippen LogP contribution in [-0.4, -0.2) is 19.0 Å². The van der Waals surface area contributed by atoms with E-state index in [1.165, 1.54) is 32.1 Å². The molecule has 3 nitrogen and oxygen atoms in total. The number of aryl methyl sites for hydroxylation is 1. The summed E-state index contributed by atoms with van der Waals surface area (Å²) in [5.74, 6) is 0.0577. The fourth-order valence-electron chi connectivity index (χ4n) is 3.20.